The van der Waals surface area contributed by atoms with Gasteiger partial charge in [-0.1, -0.05) is 33.1 Å². The van der Waals surface area contributed by atoms with Gasteiger partial charge in [0.25, 0.3) is 5.91 Å². The second-order valence-corrected chi connectivity index (χ2v) is 9.24. The number of aryl methyl sites for hydroxylation is 1. The number of furan rings is 1. The van der Waals surface area contributed by atoms with E-state index < -0.39 is 17.9 Å². The molecule has 41 heavy (non-hydrogen) atoms. The maximum Gasteiger partial charge on any atom is 0.288 e. The van der Waals surface area contributed by atoms with Gasteiger partial charge < -0.3 is 29.3 Å². The lowest BCUT2D eigenvalue weighted by atomic mass is 9.90. The standard InChI is InChI=1S/C26H37N3O6.2C2H6O/c1-5-8-9-10-21(22(6-2)29(33)17-30)25(31)27-16-28-26(32)24-12-11-23(35-24)19-13-18(4)14-20(15-19)34-7-3;2*1-3-2/h11-15,17,21-22,33H,5-10,16H2,1-4H3,(H,27,31)(H,28,32);2*1-2H3. The summed E-state index contributed by atoms with van der Waals surface area (Å²) in [4.78, 5) is 36.5. The SMILES string of the molecule is CCCCCC(C(=O)NCNC(=O)c1ccc(-c2cc(C)cc(OCC)c2)o1)C(CC)N(O)C=O.COC.COC. The molecular weight excluding hydrogens is 530 g/mol. The van der Waals surface area contributed by atoms with E-state index in [9.17, 15) is 19.6 Å². The van der Waals surface area contributed by atoms with Crippen molar-refractivity contribution in [2.45, 2.75) is 65.8 Å². The molecule has 3 N–H and O–H groups in total. The number of nitrogens with zero attached hydrogens (tertiary/aromatic N) is 1. The quantitative estimate of drug-likeness (QED) is 0.0899. The van der Waals surface area contributed by atoms with Crippen LogP contribution < -0.4 is 15.4 Å². The van der Waals surface area contributed by atoms with Gasteiger partial charge in [-0.05, 0) is 62.6 Å². The van der Waals surface area contributed by atoms with E-state index in [0.29, 0.717) is 36.7 Å². The highest BCUT2D eigenvalue weighted by Crippen LogP contribution is 2.28. The van der Waals surface area contributed by atoms with Crippen molar-refractivity contribution in [2.24, 2.45) is 5.92 Å². The van der Waals surface area contributed by atoms with E-state index in [0.717, 1.165) is 36.1 Å². The van der Waals surface area contributed by atoms with Crippen LogP contribution in [0, 0.1) is 12.8 Å². The van der Waals surface area contributed by atoms with E-state index in [4.69, 9.17) is 9.15 Å². The molecule has 1 aromatic carbocycles. The molecule has 0 aliphatic rings. The summed E-state index contributed by atoms with van der Waals surface area (Å²) in [6, 6.07) is 8.37. The number of ether oxygens (including phenoxy) is 3. The zero-order valence-electron chi connectivity index (χ0n) is 25.8. The molecule has 2 atom stereocenters. The average molecular weight is 580 g/mol. The first kappa shape index (κ1) is 37.6. The molecule has 0 radical (unpaired) electrons. The van der Waals surface area contributed by atoms with Crippen molar-refractivity contribution >= 4 is 18.2 Å². The minimum atomic E-state index is -0.636. The molecule has 0 fully saturated rings. The molecule has 2 aromatic rings. The van der Waals surface area contributed by atoms with Gasteiger partial charge in [-0.2, -0.15) is 0 Å². The monoisotopic (exact) mass is 579 g/mol. The third-order valence-electron chi connectivity index (χ3n) is 5.77. The van der Waals surface area contributed by atoms with Crippen LogP contribution in [0.15, 0.2) is 34.7 Å². The van der Waals surface area contributed by atoms with E-state index in [1.54, 1.807) is 47.5 Å². The normalized spacial score (nSPS) is 11.5. The van der Waals surface area contributed by atoms with Crippen molar-refractivity contribution in [3.63, 3.8) is 0 Å². The Hall–Kier alpha value is -3.41. The molecule has 2 rings (SSSR count). The molecule has 0 spiro atoms. The van der Waals surface area contributed by atoms with Gasteiger partial charge >= 0.3 is 0 Å². The fourth-order valence-corrected chi connectivity index (χ4v) is 4.03. The molecule has 2 unspecified atom stereocenters. The molecule has 3 amide bonds. The first-order valence-electron chi connectivity index (χ1n) is 13.8. The van der Waals surface area contributed by atoms with Crippen LogP contribution in [-0.4, -0.2) is 76.3 Å². The van der Waals surface area contributed by atoms with Gasteiger partial charge in [0.15, 0.2) is 5.76 Å². The molecule has 0 bridgehead atoms. The van der Waals surface area contributed by atoms with E-state index in [1.807, 2.05) is 32.0 Å². The fourth-order valence-electron chi connectivity index (χ4n) is 4.03. The predicted octanol–water partition coefficient (Wildman–Crippen LogP) is 4.81. The largest absolute Gasteiger partial charge is 0.494 e. The average Bonchev–Trinajstić information content (AvgIpc) is 3.44. The Labute approximate surface area is 244 Å². The summed E-state index contributed by atoms with van der Waals surface area (Å²) >= 11 is 0. The number of benzene rings is 1. The molecule has 1 aromatic heterocycles. The lowest BCUT2D eigenvalue weighted by Gasteiger charge is -2.29. The number of methoxy groups -OCH3 is 2. The number of hydrogen-bond acceptors (Lipinski definition) is 8. The van der Waals surface area contributed by atoms with Crippen LogP contribution in [0.3, 0.4) is 0 Å². The van der Waals surface area contributed by atoms with Gasteiger partial charge in [0, 0.05) is 34.0 Å². The van der Waals surface area contributed by atoms with E-state index in [2.05, 4.69) is 27.0 Å². The van der Waals surface area contributed by atoms with Crippen molar-refractivity contribution in [1.82, 2.24) is 15.7 Å². The highest BCUT2D eigenvalue weighted by Gasteiger charge is 2.30. The highest BCUT2D eigenvalue weighted by atomic mass is 16.5. The Balaban J connectivity index is 0.00000244. The zero-order chi connectivity index (χ0) is 31.2. The number of hydroxylamine groups is 2. The summed E-state index contributed by atoms with van der Waals surface area (Å²) in [7, 11) is 6.50. The van der Waals surface area contributed by atoms with Crippen molar-refractivity contribution in [3.8, 4) is 17.1 Å². The third-order valence-corrected chi connectivity index (χ3v) is 5.77. The number of carbonyl (C=O) groups excluding carboxylic acids is 3. The number of carbonyl (C=O) groups is 3. The molecule has 0 aliphatic heterocycles. The number of nitrogens with one attached hydrogen (secondary N) is 2. The molecular formula is C30H49N3O8. The maximum absolute atomic E-state index is 12.8. The van der Waals surface area contributed by atoms with Crippen molar-refractivity contribution < 1.29 is 38.2 Å². The van der Waals surface area contributed by atoms with Crippen LogP contribution in [0.4, 0.5) is 0 Å². The minimum Gasteiger partial charge on any atom is -0.494 e. The molecule has 11 heteroatoms. The summed E-state index contributed by atoms with van der Waals surface area (Å²) in [5, 5.41) is 15.8. The first-order chi connectivity index (χ1) is 19.7. The Morgan fingerprint density at radius 2 is 1.68 bits per heavy atom. The topological polar surface area (TPSA) is 140 Å². The predicted molar refractivity (Wildman–Crippen MR) is 158 cm³/mol. The maximum atomic E-state index is 12.8. The van der Waals surface area contributed by atoms with Crippen LogP contribution in [0.2, 0.25) is 0 Å². The molecule has 232 valence electrons. The molecule has 11 nitrogen and oxygen atoms in total. The number of rotatable bonds is 15. The summed E-state index contributed by atoms with van der Waals surface area (Å²) in [5.74, 6) is -0.0279. The zero-order valence-corrected chi connectivity index (χ0v) is 25.8. The molecule has 0 saturated carbocycles. The lowest BCUT2D eigenvalue weighted by Crippen LogP contribution is -2.47. The van der Waals surface area contributed by atoms with E-state index in [1.165, 1.54) is 0 Å². The second-order valence-electron chi connectivity index (χ2n) is 9.24. The van der Waals surface area contributed by atoms with E-state index >= 15 is 0 Å². The Kier molecular flexibility index (Phi) is 20.4. The summed E-state index contributed by atoms with van der Waals surface area (Å²) in [6.07, 6.45) is 3.98. The van der Waals surface area contributed by atoms with Crippen LogP contribution in [0.5, 0.6) is 5.75 Å². The Morgan fingerprint density at radius 1 is 1.02 bits per heavy atom. The van der Waals surface area contributed by atoms with Crippen LogP contribution in [-0.2, 0) is 19.1 Å². The first-order valence-corrected chi connectivity index (χ1v) is 13.8. The third kappa shape index (κ3) is 14.2. The van der Waals surface area contributed by atoms with Crippen molar-refractivity contribution in [2.75, 3.05) is 41.7 Å². The second kappa shape index (κ2) is 22.3. The number of amides is 3. The van der Waals surface area contributed by atoms with Gasteiger partial charge in [-0.3, -0.25) is 19.6 Å². The smallest absolute Gasteiger partial charge is 0.288 e. The minimum absolute atomic E-state index is 0.111. The van der Waals surface area contributed by atoms with Crippen molar-refractivity contribution in [3.05, 3.63) is 41.7 Å². The Morgan fingerprint density at radius 3 is 2.24 bits per heavy atom. The Bertz CT molecular complexity index is 1010. The fraction of sp³-hybridized carbons (Fsp3) is 0.567. The van der Waals surface area contributed by atoms with Gasteiger partial charge in [-0.15, -0.1) is 0 Å². The summed E-state index contributed by atoms with van der Waals surface area (Å²) in [6.45, 7) is 8.16. The van der Waals surface area contributed by atoms with Crippen molar-refractivity contribution in [1.29, 1.82) is 0 Å². The van der Waals surface area contributed by atoms with Crippen LogP contribution in [0.25, 0.3) is 11.3 Å². The van der Waals surface area contributed by atoms with Crippen LogP contribution in [0.1, 0.15) is 69.0 Å². The summed E-state index contributed by atoms with van der Waals surface area (Å²) < 4.78 is 19.8. The van der Waals surface area contributed by atoms with Crippen LogP contribution >= 0.6 is 0 Å². The van der Waals surface area contributed by atoms with Gasteiger partial charge in [0.05, 0.1) is 25.2 Å². The summed E-state index contributed by atoms with van der Waals surface area (Å²) in [5.41, 5.74) is 1.80. The molecule has 1 heterocycles. The van der Waals surface area contributed by atoms with E-state index in [-0.39, 0.29) is 18.3 Å². The van der Waals surface area contributed by atoms with Gasteiger partial charge in [0.1, 0.15) is 11.5 Å². The number of hydrogen-bond donors (Lipinski definition) is 3. The number of unbranched alkanes of at least 4 members (excludes halogenated alkanes) is 2. The lowest BCUT2D eigenvalue weighted by molar-refractivity contribution is -0.168. The molecule has 0 aliphatic carbocycles. The highest BCUT2D eigenvalue weighted by molar-refractivity contribution is 5.92. The van der Waals surface area contributed by atoms with Gasteiger partial charge in [-0.25, -0.2) is 5.06 Å². The van der Waals surface area contributed by atoms with Gasteiger partial charge in [0.2, 0.25) is 12.3 Å². The molecule has 0 saturated heterocycles.